The number of carbonyl (C=O) groups is 3. The molecule has 6 nitrogen and oxygen atoms in total. The number of esters is 1. The number of ether oxygens (including phenoxy) is 1. The molecule has 1 saturated heterocycles. The van der Waals surface area contributed by atoms with Crippen LogP contribution in [0.3, 0.4) is 0 Å². The van der Waals surface area contributed by atoms with E-state index in [2.05, 4.69) is 0 Å². The van der Waals surface area contributed by atoms with Crippen LogP contribution in [-0.4, -0.2) is 60.9 Å². The van der Waals surface area contributed by atoms with Crippen molar-refractivity contribution in [1.82, 2.24) is 9.80 Å². The minimum absolute atomic E-state index is 0.147. The molecule has 0 aromatic heterocycles. The van der Waals surface area contributed by atoms with Crippen LogP contribution in [0.2, 0.25) is 0 Å². The fourth-order valence-corrected chi connectivity index (χ4v) is 1.29. The van der Waals surface area contributed by atoms with Crippen molar-refractivity contribution in [3.63, 3.8) is 0 Å². The number of carbonyl (C=O) groups excluding carboxylic acids is 3. The van der Waals surface area contributed by atoms with Crippen molar-refractivity contribution in [3.8, 4) is 0 Å². The summed E-state index contributed by atoms with van der Waals surface area (Å²) in [6.07, 6.45) is 0. The molecule has 0 unspecified atom stereocenters. The van der Waals surface area contributed by atoms with Crippen molar-refractivity contribution >= 4 is 17.8 Å². The zero-order valence-corrected chi connectivity index (χ0v) is 8.86. The van der Waals surface area contributed by atoms with Crippen molar-refractivity contribution in [2.75, 3.05) is 33.3 Å². The van der Waals surface area contributed by atoms with Gasteiger partial charge in [-0.3, -0.25) is 14.4 Å². The molecule has 15 heavy (non-hydrogen) atoms. The van der Waals surface area contributed by atoms with Gasteiger partial charge in [0.25, 0.3) is 0 Å². The molecule has 1 aliphatic heterocycles. The highest BCUT2D eigenvalue weighted by atomic mass is 16.5. The highest BCUT2D eigenvalue weighted by Crippen LogP contribution is 2.02. The average molecular weight is 214 g/mol. The third kappa shape index (κ3) is 2.68. The molecule has 0 aromatic carbocycles. The lowest BCUT2D eigenvalue weighted by Gasteiger charge is -2.30. The average Bonchev–Trinajstić information content (AvgIpc) is 2.20. The molecule has 0 bridgehead atoms. The minimum Gasteiger partial charge on any atom is -0.465 e. The summed E-state index contributed by atoms with van der Waals surface area (Å²) in [5.41, 5.74) is 0. The molecule has 1 rings (SSSR count). The van der Waals surface area contributed by atoms with E-state index in [1.165, 1.54) is 9.80 Å². The largest absolute Gasteiger partial charge is 0.465 e. The molecular weight excluding hydrogens is 200 g/mol. The Bertz CT molecular complexity index is 290. The summed E-state index contributed by atoms with van der Waals surface area (Å²) in [6, 6.07) is 0. The lowest BCUT2D eigenvalue weighted by Crippen LogP contribution is -2.54. The molecule has 1 fully saturated rings. The normalized spacial score (nSPS) is 16.9. The van der Waals surface area contributed by atoms with Gasteiger partial charge in [-0.05, 0) is 6.92 Å². The van der Waals surface area contributed by atoms with Gasteiger partial charge in [0, 0.05) is 20.1 Å². The van der Waals surface area contributed by atoms with E-state index >= 15 is 0 Å². The molecule has 2 amide bonds. The monoisotopic (exact) mass is 214 g/mol. The number of likely N-dealkylation sites (N-methyl/N-ethyl adjacent to an activating group) is 1. The Morgan fingerprint density at radius 1 is 1.33 bits per heavy atom. The van der Waals surface area contributed by atoms with Crippen LogP contribution in [-0.2, 0) is 19.1 Å². The maximum atomic E-state index is 11.4. The van der Waals surface area contributed by atoms with Gasteiger partial charge >= 0.3 is 17.8 Å². The molecule has 0 atom stereocenters. The first kappa shape index (κ1) is 11.5. The Morgan fingerprint density at radius 2 is 2.00 bits per heavy atom. The standard InChI is InChI=1S/C9H14N2O4/c1-3-15-7(12)6-11-5-4-10(2)8(13)9(11)14/h3-6H2,1-2H3. The third-order valence-electron chi connectivity index (χ3n) is 2.15. The van der Waals surface area contributed by atoms with Crippen LogP contribution < -0.4 is 0 Å². The van der Waals surface area contributed by atoms with E-state index in [0.717, 1.165) is 0 Å². The van der Waals surface area contributed by atoms with E-state index in [9.17, 15) is 14.4 Å². The van der Waals surface area contributed by atoms with Gasteiger partial charge in [-0.25, -0.2) is 0 Å². The van der Waals surface area contributed by atoms with Crippen LogP contribution >= 0.6 is 0 Å². The van der Waals surface area contributed by atoms with Crippen LogP contribution in [0.1, 0.15) is 6.92 Å². The van der Waals surface area contributed by atoms with Gasteiger partial charge in [0.2, 0.25) is 0 Å². The van der Waals surface area contributed by atoms with Crippen LogP contribution in [0.4, 0.5) is 0 Å². The van der Waals surface area contributed by atoms with E-state index in [-0.39, 0.29) is 13.2 Å². The van der Waals surface area contributed by atoms with Crippen LogP contribution in [0, 0.1) is 0 Å². The molecule has 0 saturated carbocycles. The molecular formula is C9H14N2O4. The molecule has 0 radical (unpaired) electrons. The van der Waals surface area contributed by atoms with Crippen molar-refractivity contribution in [3.05, 3.63) is 0 Å². The van der Waals surface area contributed by atoms with Gasteiger partial charge < -0.3 is 14.5 Å². The summed E-state index contributed by atoms with van der Waals surface area (Å²) in [7, 11) is 1.56. The summed E-state index contributed by atoms with van der Waals surface area (Å²) >= 11 is 0. The molecule has 0 spiro atoms. The van der Waals surface area contributed by atoms with Gasteiger partial charge in [0.15, 0.2) is 0 Å². The number of nitrogens with zero attached hydrogens (tertiary/aromatic N) is 2. The van der Waals surface area contributed by atoms with E-state index in [0.29, 0.717) is 13.1 Å². The van der Waals surface area contributed by atoms with Gasteiger partial charge in [-0.2, -0.15) is 0 Å². The first-order chi connectivity index (χ1) is 7.06. The maximum Gasteiger partial charge on any atom is 0.325 e. The fraction of sp³-hybridized carbons (Fsp3) is 0.667. The van der Waals surface area contributed by atoms with Gasteiger partial charge in [-0.1, -0.05) is 0 Å². The molecule has 6 heteroatoms. The Labute approximate surface area is 87.8 Å². The molecule has 0 aromatic rings. The fourth-order valence-electron chi connectivity index (χ4n) is 1.29. The van der Waals surface area contributed by atoms with E-state index < -0.39 is 17.8 Å². The van der Waals surface area contributed by atoms with Crippen molar-refractivity contribution in [2.24, 2.45) is 0 Å². The lowest BCUT2D eigenvalue weighted by molar-refractivity contribution is -0.158. The topological polar surface area (TPSA) is 66.9 Å². The summed E-state index contributed by atoms with van der Waals surface area (Å²) in [5.74, 6) is -1.70. The molecule has 0 N–H and O–H groups in total. The second-order valence-corrected chi connectivity index (χ2v) is 3.26. The molecule has 0 aliphatic carbocycles. The second-order valence-electron chi connectivity index (χ2n) is 3.26. The number of piperazine rings is 1. The smallest absolute Gasteiger partial charge is 0.325 e. The SMILES string of the molecule is CCOC(=O)CN1CCN(C)C(=O)C1=O. The minimum atomic E-state index is -0.642. The summed E-state index contributed by atoms with van der Waals surface area (Å²) in [6.45, 7) is 2.64. The highest BCUT2D eigenvalue weighted by molar-refractivity contribution is 6.35. The van der Waals surface area contributed by atoms with E-state index in [1.54, 1.807) is 14.0 Å². The van der Waals surface area contributed by atoms with E-state index in [4.69, 9.17) is 4.74 Å². The zero-order chi connectivity index (χ0) is 11.4. The quantitative estimate of drug-likeness (QED) is 0.439. The Balaban J connectivity index is 2.53. The van der Waals surface area contributed by atoms with Crippen LogP contribution in [0.25, 0.3) is 0 Å². The third-order valence-corrected chi connectivity index (χ3v) is 2.15. The molecule has 84 valence electrons. The Kier molecular flexibility index (Phi) is 3.65. The zero-order valence-electron chi connectivity index (χ0n) is 8.86. The first-order valence-electron chi connectivity index (χ1n) is 4.76. The van der Waals surface area contributed by atoms with Gasteiger partial charge in [-0.15, -0.1) is 0 Å². The predicted octanol–water partition coefficient (Wildman–Crippen LogP) is -1.15. The summed E-state index contributed by atoms with van der Waals surface area (Å²) in [5, 5.41) is 0. The molecule has 1 heterocycles. The Morgan fingerprint density at radius 3 is 2.60 bits per heavy atom. The maximum absolute atomic E-state index is 11.4. The number of hydrogen-bond donors (Lipinski definition) is 0. The van der Waals surface area contributed by atoms with Crippen molar-refractivity contribution in [2.45, 2.75) is 6.92 Å². The first-order valence-corrected chi connectivity index (χ1v) is 4.76. The summed E-state index contributed by atoms with van der Waals surface area (Å²) < 4.78 is 4.70. The number of rotatable bonds is 3. The number of hydrogen-bond acceptors (Lipinski definition) is 4. The number of amides is 2. The van der Waals surface area contributed by atoms with Crippen molar-refractivity contribution in [1.29, 1.82) is 0 Å². The van der Waals surface area contributed by atoms with E-state index in [1.807, 2.05) is 0 Å². The summed E-state index contributed by atoms with van der Waals surface area (Å²) in [4.78, 5) is 36.3. The Hall–Kier alpha value is -1.59. The lowest BCUT2D eigenvalue weighted by atomic mass is 10.3. The van der Waals surface area contributed by atoms with Crippen molar-refractivity contribution < 1.29 is 19.1 Å². The van der Waals surface area contributed by atoms with Crippen LogP contribution in [0.15, 0.2) is 0 Å². The highest BCUT2D eigenvalue weighted by Gasteiger charge is 2.31. The molecule has 1 aliphatic rings. The predicted molar refractivity (Wildman–Crippen MR) is 50.9 cm³/mol. The van der Waals surface area contributed by atoms with Gasteiger partial charge in [0.1, 0.15) is 6.54 Å². The van der Waals surface area contributed by atoms with Gasteiger partial charge in [0.05, 0.1) is 6.61 Å². The second kappa shape index (κ2) is 4.77. The van der Waals surface area contributed by atoms with Crippen LogP contribution in [0.5, 0.6) is 0 Å².